The lowest BCUT2D eigenvalue weighted by Gasteiger charge is -2.39. The van der Waals surface area contributed by atoms with Gasteiger partial charge >= 0.3 is 6.03 Å². The molecule has 5 heteroatoms. The van der Waals surface area contributed by atoms with Crippen molar-refractivity contribution >= 4 is 6.03 Å². The number of piperidine rings is 1. The molecule has 0 bridgehead atoms. The smallest absolute Gasteiger partial charge is 0.317 e. The summed E-state index contributed by atoms with van der Waals surface area (Å²) in [6, 6.07) is 8.44. The molecule has 0 spiro atoms. The Morgan fingerprint density at radius 2 is 2.17 bits per heavy atom. The quantitative estimate of drug-likeness (QED) is 0.922. The van der Waals surface area contributed by atoms with Crippen LogP contribution in [0.25, 0.3) is 0 Å². The molecule has 2 fully saturated rings. The predicted octanol–water partition coefficient (Wildman–Crippen LogP) is 2.72. The zero-order valence-corrected chi connectivity index (χ0v) is 14.7. The number of nitrogens with one attached hydrogen (secondary N) is 1. The summed E-state index contributed by atoms with van der Waals surface area (Å²) in [5.74, 6) is -0.281. The molecule has 0 aromatic heterocycles. The zero-order valence-electron chi connectivity index (χ0n) is 14.7. The number of benzene rings is 1. The summed E-state index contributed by atoms with van der Waals surface area (Å²) in [7, 11) is 0. The van der Waals surface area contributed by atoms with Gasteiger partial charge in [0.2, 0.25) is 0 Å². The Bertz CT molecular complexity index is 569. The average Bonchev–Trinajstić information content (AvgIpc) is 3.03. The van der Waals surface area contributed by atoms with Gasteiger partial charge < -0.3 is 19.7 Å². The Kier molecular flexibility index (Phi) is 5.41. The number of nitrogens with zero attached hydrogens (tertiary/aromatic N) is 1. The highest BCUT2D eigenvalue weighted by Gasteiger charge is 2.42. The second kappa shape index (κ2) is 7.53. The van der Waals surface area contributed by atoms with E-state index >= 15 is 0 Å². The largest absolute Gasteiger partial charge is 0.347 e. The summed E-state index contributed by atoms with van der Waals surface area (Å²) in [4.78, 5) is 14.4. The molecule has 132 valence electrons. The van der Waals surface area contributed by atoms with Crippen LogP contribution in [0.4, 0.5) is 4.79 Å². The van der Waals surface area contributed by atoms with Crippen molar-refractivity contribution in [1.82, 2.24) is 10.2 Å². The Labute approximate surface area is 144 Å². The number of urea groups is 1. The first-order valence-corrected chi connectivity index (χ1v) is 8.93. The first-order valence-electron chi connectivity index (χ1n) is 8.93. The van der Waals surface area contributed by atoms with Crippen LogP contribution in [0.1, 0.15) is 30.9 Å². The van der Waals surface area contributed by atoms with Crippen LogP contribution in [0, 0.1) is 12.8 Å². The first kappa shape index (κ1) is 17.2. The number of hydrogen-bond donors (Lipinski definition) is 1. The molecule has 3 rings (SSSR count). The Balaban J connectivity index is 1.47. The van der Waals surface area contributed by atoms with E-state index in [1.807, 2.05) is 11.8 Å². The van der Waals surface area contributed by atoms with E-state index < -0.39 is 5.79 Å². The summed E-state index contributed by atoms with van der Waals surface area (Å²) >= 11 is 0. The Hall–Kier alpha value is -1.59. The lowest BCUT2D eigenvalue weighted by Crippen LogP contribution is -2.51. The maximum absolute atomic E-state index is 12.5. The van der Waals surface area contributed by atoms with E-state index in [4.69, 9.17) is 9.47 Å². The molecule has 0 aliphatic carbocycles. The maximum Gasteiger partial charge on any atom is 0.317 e. The number of aryl methyl sites for hydroxylation is 1. The third-order valence-electron chi connectivity index (χ3n) is 5.08. The molecule has 1 unspecified atom stereocenters. The molecule has 2 aliphatic heterocycles. The second-order valence-electron chi connectivity index (χ2n) is 6.97. The molecule has 2 amide bonds. The minimum atomic E-state index is -0.527. The molecule has 1 N–H and O–H groups in total. The van der Waals surface area contributed by atoms with Crippen molar-refractivity contribution in [2.24, 2.45) is 5.92 Å². The summed E-state index contributed by atoms with van der Waals surface area (Å²) in [5, 5.41) is 3.05. The van der Waals surface area contributed by atoms with Crippen LogP contribution >= 0.6 is 0 Å². The number of hydrogen-bond acceptors (Lipinski definition) is 3. The van der Waals surface area contributed by atoms with E-state index in [2.05, 4.69) is 36.5 Å². The molecule has 2 saturated heterocycles. The highest BCUT2D eigenvalue weighted by atomic mass is 16.7. The number of likely N-dealkylation sites (tertiary alicyclic amines) is 1. The Morgan fingerprint density at radius 1 is 1.38 bits per heavy atom. The number of rotatable bonds is 4. The van der Waals surface area contributed by atoms with Gasteiger partial charge in [0.15, 0.2) is 5.79 Å². The standard InChI is InChI=1S/C19H28N2O3/c1-15-5-3-6-16(13-15)8-9-20-18(22)21-10-4-7-17(14-21)19(2)23-11-12-24-19/h3,5-6,13,17H,4,7-12,14H2,1-2H3,(H,20,22). The monoisotopic (exact) mass is 332 g/mol. The molecule has 0 saturated carbocycles. The summed E-state index contributed by atoms with van der Waals surface area (Å²) in [6.07, 6.45) is 2.90. The van der Waals surface area contributed by atoms with Gasteiger partial charge in [-0.05, 0) is 38.7 Å². The normalized spacial score (nSPS) is 23.2. The van der Waals surface area contributed by atoms with Crippen LogP contribution in [-0.4, -0.2) is 49.6 Å². The van der Waals surface area contributed by atoms with E-state index in [9.17, 15) is 4.79 Å². The maximum atomic E-state index is 12.5. The SMILES string of the molecule is Cc1cccc(CCNC(=O)N2CCCC(C3(C)OCCO3)C2)c1. The third-order valence-corrected chi connectivity index (χ3v) is 5.08. The Morgan fingerprint density at radius 3 is 2.92 bits per heavy atom. The summed E-state index contributed by atoms with van der Waals surface area (Å²) < 4.78 is 11.6. The number of ether oxygens (including phenoxy) is 2. The molecule has 2 aliphatic rings. The van der Waals surface area contributed by atoms with Crippen molar-refractivity contribution in [3.05, 3.63) is 35.4 Å². The highest BCUT2D eigenvalue weighted by molar-refractivity contribution is 5.74. The van der Waals surface area contributed by atoms with Crippen LogP contribution in [0.2, 0.25) is 0 Å². The third kappa shape index (κ3) is 4.08. The van der Waals surface area contributed by atoms with Crippen molar-refractivity contribution in [2.45, 2.75) is 38.9 Å². The van der Waals surface area contributed by atoms with Gasteiger partial charge in [0, 0.05) is 25.6 Å². The van der Waals surface area contributed by atoms with E-state index in [1.165, 1.54) is 11.1 Å². The summed E-state index contributed by atoms with van der Waals surface area (Å²) in [6.45, 7) is 7.56. The predicted molar refractivity (Wildman–Crippen MR) is 92.9 cm³/mol. The van der Waals surface area contributed by atoms with Crippen LogP contribution in [0.15, 0.2) is 24.3 Å². The minimum absolute atomic E-state index is 0.0222. The van der Waals surface area contributed by atoms with Crippen molar-refractivity contribution < 1.29 is 14.3 Å². The zero-order chi connectivity index (χ0) is 17.0. The van der Waals surface area contributed by atoms with Crippen LogP contribution in [0.3, 0.4) is 0 Å². The topological polar surface area (TPSA) is 50.8 Å². The van der Waals surface area contributed by atoms with E-state index in [0.717, 1.165) is 25.8 Å². The second-order valence-corrected chi connectivity index (χ2v) is 6.97. The molecule has 1 atom stereocenters. The van der Waals surface area contributed by atoms with Crippen LogP contribution < -0.4 is 5.32 Å². The van der Waals surface area contributed by atoms with Gasteiger partial charge in [-0.1, -0.05) is 29.8 Å². The van der Waals surface area contributed by atoms with Crippen molar-refractivity contribution in [3.8, 4) is 0 Å². The van der Waals surface area contributed by atoms with E-state index in [1.54, 1.807) is 0 Å². The molecule has 5 nitrogen and oxygen atoms in total. The highest BCUT2D eigenvalue weighted by Crippen LogP contribution is 2.34. The lowest BCUT2D eigenvalue weighted by molar-refractivity contribution is -0.189. The van der Waals surface area contributed by atoms with Gasteiger partial charge in [0.1, 0.15) is 0 Å². The van der Waals surface area contributed by atoms with Gasteiger partial charge in [-0.15, -0.1) is 0 Å². The van der Waals surface area contributed by atoms with Gasteiger partial charge in [-0.2, -0.15) is 0 Å². The number of carbonyl (C=O) groups excluding carboxylic acids is 1. The fourth-order valence-corrected chi connectivity index (χ4v) is 3.65. The van der Waals surface area contributed by atoms with E-state index in [0.29, 0.717) is 26.3 Å². The molecule has 24 heavy (non-hydrogen) atoms. The first-order chi connectivity index (χ1) is 11.6. The van der Waals surface area contributed by atoms with Crippen LogP contribution in [-0.2, 0) is 15.9 Å². The van der Waals surface area contributed by atoms with Gasteiger partial charge in [0.05, 0.1) is 13.2 Å². The minimum Gasteiger partial charge on any atom is -0.347 e. The van der Waals surface area contributed by atoms with Crippen LogP contribution in [0.5, 0.6) is 0 Å². The molecule has 1 aromatic rings. The van der Waals surface area contributed by atoms with E-state index in [-0.39, 0.29) is 11.9 Å². The molecular formula is C19H28N2O3. The van der Waals surface area contributed by atoms with Crippen molar-refractivity contribution in [3.63, 3.8) is 0 Å². The average molecular weight is 332 g/mol. The number of carbonyl (C=O) groups is 1. The fourth-order valence-electron chi connectivity index (χ4n) is 3.65. The molecular weight excluding hydrogens is 304 g/mol. The summed E-state index contributed by atoms with van der Waals surface area (Å²) in [5.41, 5.74) is 2.51. The van der Waals surface area contributed by atoms with Crippen molar-refractivity contribution in [1.29, 1.82) is 0 Å². The fraction of sp³-hybridized carbons (Fsp3) is 0.632. The lowest BCUT2D eigenvalue weighted by atomic mass is 9.90. The van der Waals surface area contributed by atoms with Gasteiger partial charge in [-0.25, -0.2) is 4.79 Å². The van der Waals surface area contributed by atoms with Gasteiger partial charge in [0.25, 0.3) is 0 Å². The molecule has 2 heterocycles. The van der Waals surface area contributed by atoms with Gasteiger partial charge in [-0.3, -0.25) is 0 Å². The van der Waals surface area contributed by atoms with Crippen molar-refractivity contribution in [2.75, 3.05) is 32.8 Å². The number of amides is 2. The molecule has 1 aromatic carbocycles. The molecule has 0 radical (unpaired) electrons.